The third kappa shape index (κ3) is 3.33. The number of nitrogens with two attached hydrogens (primary N) is 1. The molecule has 1 amide bonds. The van der Waals surface area contributed by atoms with Gasteiger partial charge in [-0.2, -0.15) is 14.8 Å². The van der Waals surface area contributed by atoms with Crippen LogP contribution in [0.3, 0.4) is 0 Å². The molecule has 3 N–H and O–H groups in total. The molecule has 1 aliphatic rings. The van der Waals surface area contributed by atoms with E-state index in [0.717, 1.165) is 29.9 Å². The molecule has 0 unspecified atom stereocenters. The van der Waals surface area contributed by atoms with Gasteiger partial charge in [0.2, 0.25) is 5.91 Å². The van der Waals surface area contributed by atoms with Crippen molar-refractivity contribution in [2.24, 2.45) is 5.73 Å². The van der Waals surface area contributed by atoms with Crippen LogP contribution in [0.2, 0.25) is 0 Å². The maximum absolute atomic E-state index is 13.6. The number of halogens is 1. The highest BCUT2D eigenvalue weighted by Gasteiger charge is 2.25. The summed E-state index contributed by atoms with van der Waals surface area (Å²) in [5, 5.41) is 8.39. The van der Waals surface area contributed by atoms with E-state index in [0.29, 0.717) is 34.8 Å². The first-order valence-electron chi connectivity index (χ1n) is 9.88. The van der Waals surface area contributed by atoms with Gasteiger partial charge in [0, 0.05) is 31.9 Å². The third-order valence-corrected chi connectivity index (χ3v) is 5.43. The lowest BCUT2D eigenvalue weighted by atomic mass is 10.1. The summed E-state index contributed by atoms with van der Waals surface area (Å²) in [4.78, 5) is 23.3. The van der Waals surface area contributed by atoms with Gasteiger partial charge in [0.15, 0.2) is 5.82 Å². The number of anilines is 2. The second-order valence-electron chi connectivity index (χ2n) is 7.48. The van der Waals surface area contributed by atoms with E-state index in [9.17, 15) is 9.18 Å². The van der Waals surface area contributed by atoms with Crippen LogP contribution in [0.4, 0.5) is 15.9 Å². The molecule has 8 nitrogen and oxygen atoms in total. The summed E-state index contributed by atoms with van der Waals surface area (Å²) < 4.78 is 15.2. The highest BCUT2D eigenvalue weighted by atomic mass is 19.1. The first kappa shape index (κ1) is 19.0. The molecule has 9 heteroatoms. The Morgan fingerprint density at radius 2 is 2.06 bits per heavy atom. The highest BCUT2D eigenvalue weighted by molar-refractivity contribution is 6.05. The van der Waals surface area contributed by atoms with Gasteiger partial charge < -0.3 is 16.0 Å². The van der Waals surface area contributed by atoms with E-state index in [1.54, 1.807) is 29.1 Å². The van der Waals surface area contributed by atoms with Crippen LogP contribution >= 0.6 is 0 Å². The molecule has 2 aromatic heterocycles. The molecule has 4 aromatic rings. The zero-order valence-electron chi connectivity index (χ0n) is 16.8. The molecule has 0 aliphatic carbocycles. The summed E-state index contributed by atoms with van der Waals surface area (Å²) in [5.41, 5.74) is 9.23. The minimum Gasteiger partial charge on any atom is -0.370 e. The van der Waals surface area contributed by atoms with Crippen LogP contribution in [-0.4, -0.2) is 39.2 Å². The summed E-state index contributed by atoms with van der Waals surface area (Å²) in [7, 11) is 1.99. The Labute approximate surface area is 177 Å². The Kier molecular flexibility index (Phi) is 4.50. The zero-order chi connectivity index (χ0) is 21.5. The Balaban J connectivity index is 1.58. The van der Waals surface area contributed by atoms with Gasteiger partial charge in [0.05, 0.1) is 23.0 Å². The topological polar surface area (TPSA) is 102 Å². The van der Waals surface area contributed by atoms with Crippen molar-refractivity contribution in [2.75, 3.05) is 23.8 Å². The van der Waals surface area contributed by atoms with Crippen molar-refractivity contribution in [3.05, 3.63) is 71.3 Å². The van der Waals surface area contributed by atoms with Crippen LogP contribution in [0.1, 0.15) is 21.6 Å². The predicted molar refractivity (Wildman–Crippen MR) is 116 cm³/mol. The number of carbonyl (C=O) groups excluding carboxylic acids is 1. The Morgan fingerprint density at radius 1 is 1.23 bits per heavy atom. The monoisotopic (exact) mass is 417 g/mol. The Morgan fingerprint density at radius 3 is 2.87 bits per heavy atom. The van der Waals surface area contributed by atoms with Gasteiger partial charge in [0.1, 0.15) is 11.5 Å². The maximum Gasteiger partial charge on any atom is 0.253 e. The molecule has 0 bridgehead atoms. The number of hydrogen-bond donors (Lipinski definition) is 2. The molecule has 0 saturated carbocycles. The van der Waals surface area contributed by atoms with E-state index in [4.69, 9.17) is 15.7 Å². The minimum atomic E-state index is -0.515. The summed E-state index contributed by atoms with van der Waals surface area (Å²) in [6, 6.07) is 11.7. The molecular weight excluding hydrogens is 397 g/mol. The number of carbonyl (C=O) groups is 1. The van der Waals surface area contributed by atoms with Crippen molar-refractivity contribution < 1.29 is 9.18 Å². The number of fused-ring (bicyclic) bond motifs is 2. The molecule has 2 aromatic carbocycles. The zero-order valence-corrected chi connectivity index (χ0v) is 16.8. The SMILES string of the molecule is CN1CCc2nc(-n3ncc4c(C(N)=O)cccc43)nc(NCc3cccc(F)c3)c21. The van der Waals surface area contributed by atoms with Gasteiger partial charge in [-0.1, -0.05) is 18.2 Å². The van der Waals surface area contributed by atoms with E-state index in [-0.39, 0.29) is 5.82 Å². The van der Waals surface area contributed by atoms with Crippen LogP contribution < -0.4 is 16.0 Å². The van der Waals surface area contributed by atoms with E-state index in [1.165, 1.54) is 12.1 Å². The number of primary amides is 1. The third-order valence-electron chi connectivity index (χ3n) is 5.43. The number of rotatable bonds is 5. The summed E-state index contributed by atoms with van der Waals surface area (Å²) in [6.07, 6.45) is 2.37. The molecule has 0 atom stereocenters. The Hall–Kier alpha value is -4.01. The first-order chi connectivity index (χ1) is 15.0. The molecule has 0 saturated heterocycles. The number of aromatic nitrogens is 4. The molecule has 0 radical (unpaired) electrons. The number of hydrogen-bond acceptors (Lipinski definition) is 6. The molecule has 31 heavy (non-hydrogen) atoms. The fourth-order valence-corrected chi connectivity index (χ4v) is 3.93. The molecule has 1 aliphatic heterocycles. The van der Waals surface area contributed by atoms with E-state index >= 15 is 0 Å². The largest absolute Gasteiger partial charge is 0.370 e. The van der Waals surface area contributed by atoms with Gasteiger partial charge in [-0.15, -0.1) is 0 Å². The average molecular weight is 417 g/mol. The minimum absolute atomic E-state index is 0.279. The summed E-state index contributed by atoms with van der Waals surface area (Å²) in [6.45, 7) is 1.24. The first-order valence-corrected chi connectivity index (χ1v) is 9.88. The lowest BCUT2D eigenvalue weighted by Crippen LogP contribution is -2.16. The summed E-state index contributed by atoms with van der Waals surface area (Å²) in [5.74, 6) is 0.253. The van der Waals surface area contributed by atoms with E-state index in [1.807, 2.05) is 19.2 Å². The van der Waals surface area contributed by atoms with Gasteiger partial charge in [-0.3, -0.25) is 4.79 Å². The maximum atomic E-state index is 13.6. The normalized spacial score (nSPS) is 12.9. The van der Waals surface area contributed by atoms with Crippen LogP contribution in [0, 0.1) is 5.82 Å². The van der Waals surface area contributed by atoms with Crippen molar-refractivity contribution in [1.29, 1.82) is 0 Å². The quantitative estimate of drug-likeness (QED) is 0.518. The lowest BCUT2D eigenvalue weighted by molar-refractivity contribution is 0.100. The second-order valence-corrected chi connectivity index (χ2v) is 7.48. The van der Waals surface area contributed by atoms with E-state index < -0.39 is 5.91 Å². The van der Waals surface area contributed by atoms with Crippen LogP contribution in [0.15, 0.2) is 48.7 Å². The second kappa shape index (κ2) is 7.35. The molecule has 3 heterocycles. The van der Waals surface area contributed by atoms with Crippen molar-refractivity contribution in [1.82, 2.24) is 19.7 Å². The van der Waals surface area contributed by atoms with Crippen molar-refractivity contribution >= 4 is 28.3 Å². The molecule has 0 fully saturated rings. The number of likely N-dealkylation sites (N-methyl/N-ethyl adjacent to an activating group) is 1. The number of nitrogens with one attached hydrogen (secondary N) is 1. The van der Waals surface area contributed by atoms with E-state index in [2.05, 4.69) is 15.3 Å². The van der Waals surface area contributed by atoms with Crippen LogP contribution in [0.25, 0.3) is 16.9 Å². The standard InChI is InChI=1S/C22H20FN7O/c1-29-9-8-17-19(29)21(25-11-13-4-2-5-14(23)10-13)28-22(27-17)30-18-7-3-6-15(20(24)31)16(18)12-26-30/h2-7,10,12H,8-9,11H2,1H3,(H2,24,31)(H,25,27,28). The molecule has 0 spiro atoms. The number of nitrogens with zero attached hydrogens (tertiary/aromatic N) is 5. The van der Waals surface area contributed by atoms with Gasteiger partial charge in [-0.05, 0) is 29.8 Å². The number of amides is 1. The summed E-state index contributed by atoms with van der Waals surface area (Å²) >= 11 is 0. The van der Waals surface area contributed by atoms with Crippen molar-refractivity contribution in [3.63, 3.8) is 0 Å². The van der Waals surface area contributed by atoms with Crippen molar-refractivity contribution in [2.45, 2.75) is 13.0 Å². The number of benzene rings is 2. The molecule has 156 valence electrons. The average Bonchev–Trinajstić information content (AvgIpc) is 3.35. The predicted octanol–water partition coefficient (Wildman–Crippen LogP) is 2.66. The smallest absolute Gasteiger partial charge is 0.253 e. The van der Waals surface area contributed by atoms with Crippen LogP contribution in [0.5, 0.6) is 0 Å². The van der Waals surface area contributed by atoms with Gasteiger partial charge in [-0.25, -0.2) is 9.37 Å². The lowest BCUT2D eigenvalue weighted by Gasteiger charge is -2.17. The fourth-order valence-electron chi connectivity index (χ4n) is 3.93. The van der Waals surface area contributed by atoms with Gasteiger partial charge >= 0.3 is 0 Å². The van der Waals surface area contributed by atoms with Crippen molar-refractivity contribution in [3.8, 4) is 5.95 Å². The fraction of sp³-hybridized carbons (Fsp3) is 0.182. The molecule has 5 rings (SSSR count). The molecular formula is C22H20FN7O. The highest BCUT2D eigenvalue weighted by Crippen LogP contribution is 2.33. The Bertz CT molecular complexity index is 1320. The van der Waals surface area contributed by atoms with Crippen LogP contribution in [-0.2, 0) is 13.0 Å². The van der Waals surface area contributed by atoms with Gasteiger partial charge in [0.25, 0.3) is 5.95 Å².